The molecule has 0 unspecified atom stereocenters. The van der Waals surface area contributed by atoms with Crippen LogP contribution in [-0.2, 0) is 4.79 Å². The minimum atomic E-state index is -0.804. The van der Waals surface area contributed by atoms with Crippen molar-refractivity contribution < 1.29 is 14.7 Å². The highest BCUT2D eigenvalue weighted by atomic mass is 32.2. The van der Waals surface area contributed by atoms with Crippen LogP contribution >= 0.6 is 11.8 Å². The summed E-state index contributed by atoms with van der Waals surface area (Å²) in [7, 11) is 0. The molecule has 1 amide bonds. The monoisotopic (exact) mass is 321 g/mol. The van der Waals surface area contributed by atoms with Crippen LogP contribution in [-0.4, -0.2) is 29.3 Å². The summed E-state index contributed by atoms with van der Waals surface area (Å²) in [5.74, 6) is -1.44. The molecule has 0 spiro atoms. The average Bonchev–Trinajstić information content (AvgIpc) is 2.73. The molecule has 0 aromatic heterocycles. The van der Waals surface area contributed by atoms with E-state index in [1.165, 1.54) is 0 Å². The van der Waals surface area contributed by atoms with E-state index in [9.17, 15) is 14.7 Å². The molecule has 2 N–H and O–H groups in total. The first kappa shape index (κ1) is 16.9. The van der Waals surface area contributed by atoms with Gasteiger partial charge in [0.2, 0.25) is 0 Å². The summed E-state index contributed by atoms with van der Waals surface area (Å²) in [5, 5.41) is 12.4. The number of hydrogen-bond acceptors (Lipinski definition) is 3. The zero-order valence-corrected chi connectivity index (χ0v) is 13.9. The van der Waals surface area contributed by atoms with Crippen molar-refractivity contribution in [2.75, 3.05) is 6.26 Å². The molecule has 2 atom stereocenters. The van der Waals surface area contributed by atoms with Crippen molar-refractivity contribution in [1.29, 1.82) is 0 Å². The van der Waals surface area contributed by atoms with E-state index < -0.39 is 11.9 Å². The lowest BCUT2D eigenvalue weighted by atomic mass is 9.94. The number of carbonyl (C=O) groups is 2. The summed E-state index contributed by atoms with van der Waals surface area (Å²) in [5.41, 5.74) is 1.55. The van der Waals surface area contributed by atoms with Gasteiger partial charge in [0.15, 0.2) is 0 Å². The van der Waals surface area contributed by atoms with Crippen molar-refractivity contribution in [2.45, 2.75) is 50.0 Å². The minimum absolute atomic E-state index is 0.161. The number of benzene rings is 1. The van der Waals surface area contributed by atoms with E-state index in [1.54, 1.807) is 11.8 Å². The van der Waals surface area contributed by atoms with Crippen molar-refractivity contribution in [3.8, 4) is 0 Å². The fourth-order valence-electron chi connectivity index (χ4n) is 2.99. The zero-order valence-electron chi connectivity index (χ0n) is 13.1. The van der Waals surface area contributed by atoms with Crippen LogP contribution in [0.15, 0.2) is 23.1 Å². The van der Waals surface area contributed by atoms with Crippen LogP contribution < -0.4 is 5.32 Å². The number of rotatable bonds is 4. The number of nitrogens with one attached hydrogen (secondary N) is 1. The lowest BCUT2D eigenvalue weighted by Gasteiger charge is -2.23. The van der Waals surface area contributed by atoms with Gasteiger partial charge in [0.1, 0.15) is 0 Å². The van der Waals surface area contributed by atoms with Crippen LogP contribution in [0.1, 0.15) is 48.0 Å². The highest BCUT2D eigenvalue weighted by Gasteiger charge is 2.31. The largest absolute Gasteiger partial charge is 0.481 e. The van der Waals surface area contributed by atoms with E-state index in [2.05, 4.69) is 5.32 Å². The van der Waals surface area contributed by atoms with E-state index in [1.807, 2.05) is 31.4 Å². The van der Waals surface area contributed by atoms with Crippen LogP contribution in [0.5, 0.6) is 0 Å². The Morgan fingerprint density at radius 3 is 2.64 bits per heavy atom. The summed E-state index contributed by atoms with van der Waals surface area (Å²) in [6, 6.07) is 5.53. The van der Waals surface area contributed by atoms with E-state index in [0.29, 0.717) is 12.0 Å². The zero-order chi connectivity index (χ0) is 16.1. The van der Waals surface area contributed by atoms with Crippen molar-refractivity contribution in [2.24, 2.45) is 5.92 Å². The molecule has 0 radical (unpaired) electrons. The maximum atomic E-state index is 12.6. The van der Waals surface area contributed by atoms with Gasteiger partial charge < -0.3 is 10.4 Å². The Labute approximate surface area is 135 Å². The third kappa shape index (κ3) is 4.03. The Kier molecular flexibility index (Phi) is 5.89. The van der Waals surface area contributed by atoms with Gasteiger partial charge in [0, 0.05) is 16.5 Å². The number of carbonyl (C=O) groups excluding carboxylic acids is 1. The number of carboxylic acids is 1. The van der Waals surface area contributed by atoms with E-state index in [0.717, 1.165) is 36.1 Å². The lowest BCUT2D eigenvalue weighted by molar-refractivity contribution is -0.142. The van der Waals surface area contributed by atoms with Crippen LogP contribution in [0, 0.1) is 12.8 Å². The second-order valence-corrected chi connectivity index (χ2v) is 6.72. The Bertz CT molecular complexity index is 559. The topological polar surface area (TPSA) is 66.4 Å². The van der Waals surface area contributed by atoms with Crippen LogP contribution in [0.4, 0.5) is 0 Å². The fraction of sp³-hybridized carbons (Fsp3) is 0.529. The lowest BCUT2D eigenvalue weighted by Crippen LogP contribution is -2.43. The molecule has 0 saturated heterocycles. The molecular weight excluding hydrogens is 298 g/mol. The molecule has 1 saturated carbocycles. The number of hydrogen-bond donors (Lipinski definition) is 2. The molecule has 1 aliphatic rings. The van der Waals surface area contributed by atoms with Crippen molar-refractivity contribution in [1.82, 2.24) is 5.32 Å². The van der Waals surface area contributed by atoms with Gasteiger partial charge in [-0.25, -0.2) is 0 Å². The van der Waals surface area contributed by atoms with E-state index in [4.69, 9.17) is 0 Å². The van der Waals surface area contributed by atoms with E-state index >= 15 is 0 Å². The third-order valence-electron chi connectivity index (χ3n) is 4.34. The molecular formula is C17H23NO3S. The Morgan fingerprint density at radius 2 is 1.95 bits per heavy atom. The summed E-state index contributed by atoms with van der Waals surface area (Å²) in [6.45, 7) is 1.90. The highest BCUT2D eigenvalue weighted by Crippen LogP contribution is 2.25. The second kappa shape index (κ2) is 7.68. The van der Waals surface area contributed by atoms with Gasteiger partial charge in [-0.2, -0.15) is 0 Å². The molecule has 0 heterocycles. The molecule has 4 nitrogen and oxygen atoms in total. The Hall–Kier alpha value is -1.49. The first-order chi connectivity index (χ1) is 10.5. The highest BCUT2D eigenvalue weighted by molar-refractivity contribution is 7.98. The molecule has 2 rings (SSSR count). The standard InChI is InChI=1S/C17H23NO3S/c1-11-8-9-12(22-2)10-14(11)16(19)18-15-7-5-3-4-6-13(15)17(20)21/h8-10,13,15H,3-7H2,1-2H3,(H,18,19)(H,20,21)/t13-,15+/m1/s1. The van der Waals surface area contributed by atoms with Crippen LogP contribution in [0.25, 0.3) is 0 Å². The summed E-state index contributed by atoms with van der Waals surface area (Å²) in [4.78, 5) is 25.1. The smallest absolute Gasteiger partial charge is 0.308 e. The minimum Gasteiger partial charge on any atom is -0.481 e. The molecule has 22 heavy (non-hydrogen) atoms. The number of carboxylic acid groups (broad SMARTS) is 1. The summed E-state index contributed by atoms with van der Waals surface area (Å²) < 4.78 is 0. The van der Waals surface area contributed by atoms with E-state index in [-0.39, 0.29) is 11.9 Å². The van der Waals surface area contributed by atoms with Crippen LogP contribution in [0.2, 0.25) is 0 Å². The van der Waals surface area contributed by atoms with Gasteiger partial charge in [-0.3, -0.25) is 9.59 Å². The van der Waals surface area contributed by atoms with Crippen molar-refractivity contribution in [3.63, 3.8) is 0 Å². The van der Waals surface area contributed by atoms with Crippen LogP contribution in [0.3, 0.4) is 0 Å². The Balaban J connectivity index is 2.17. The number of thioether (sulfide) groups is 1. The summed E-state index contributed by atoms with van der Waals surface area (Å²) in [6.07, 6.45) is 6.28. The second-order valence-electron chi connectivity index (χ2n) is 5.84. The fourth-order valence-corrected chi connectivity index (χ4v) is 3.43. The molecule has 1 aromatic rings. The van der Waals surface area contributed by atoms with Crippen molar-refractivity contribution in [3.05, 3.63) is 29.3 Å². The maximum absolute atomic E-state index is 12.6. The first-order valence-electron chi connectivity index (χ1n) is 7.71. The van der Waals surface area contributed by atoms with Gasteiger partial charge in [-0.1, -0.05) is 25.3 Å². The number of aryl methyl sites for hydroxylation is 1. The summed E-state index contributed by atoms with van der Waals surface area (Å²) >= 11 is 1.59. The maximum Gasteiger partial charge on any atom is 0.308 e. The Morgan fingerprint density at radius 1 is 1.23 bits per heavy atom. The predicted molar refractivity (Wildman–Crippen MR) is 88.4 cm³/mol. The normalized spacial score (nSPS) is 21.9. The predicted octanol–water partition coefficient (Wildman–Crippen LogP) is 3.48. The molecule has 0 aliphatic heterocycles. The molecule has 1 aliphatic carbocycles. The third-order valence-corrected chi connectivity index (χ3v) is 5.06. The molecule has 1 fully saturated rings. The number of amides is 1. The first-order valence-corrected chi connectivity index (χ1v) is 8.93. The van der Waals surface area contributed by atoms with Gasteiger partial charge in [0.25, 0.3) is 5.91 Å². The average molecular weight is 321 g/mol. The quantitative estimate of drug-likeness (QED) is 0.658. The van der Waals surface area contributed by atoms with Gasteiger partial charge in [-0.15, -0.1) is 11.8 Å². The number of aliphatic carboxylic acids is 1. The van der Waals surface area contributed by atoms with Gasteiger partial charge in [0.05, 0.1) is 5.92 Å². The SMILES string of the molecule is CSc1ccc(C)c(C(=O)N[C@H]2CCCCC[C@H]2C(=O)O)c1. The molecule has 5 heteroatoms. The molecule has 1 aromatic carbocycles. The molecule has 0 bridgehead atoms. The molecule has 120 valence electrons. The van der Waals surface area contributed by atoms with Crippen molar-refractivity contribution >= 4 is 23.6 Å². The van der Waals surface area contributed by atoms with Gasteiger partial charge in [-0.05, 0) is 43.7 Å². The van der Waals surface area contributed by atoms with Gasteiger partial charge >= 0.3 is 5.97 Å².